The summed E-state index contributed by atoms with van der Waals surface area (Å²) in [6.45, 7) is 0.798. The van der Waals surface area contributed by atoms with Crippen LogP contribution in [0.15, 0.2) is 0 Å². The Labute approximate surface area is 106 Å². The number of rotatable bonds is 16. The van der Waals surface area contributed by atoms with Gasteiger partial charge in [-0.15, -0.1) is 0 Å². The van der Waals surface area contributed by atoms with Gasteiger partial charge in [-0.25, -0.2) is 9.78 Å². The van der Waals surface area contributed by atoms with Crippen LogP contribution < -0.4 is 0 Å². The van der Waals surface area contributed by atoms with E-state index in [4.69, 9.17) is 0 Å². The van der Waals surface area contributed by atoms with Gasteiger partial charge in [-0.3, -0.25) is 0 Å². The van der Waals surface area contributed by atoms with Crippen molar-refractivity contribution < 1.29 is 64.6 Å². The molecule has 0 amide bonds. The number of hydrogen-bond acceptors (Lipinski definition) is 13. The van der Waals surface area contributed by atoms with Crippen molar-refractivity contribution in [3.63, 3.8) is 0 Å². The average molecular weight is 294 g/mol. The first kappa shape index (κ1) is 18.5. The van der Waals surface area contributed by atoms with Gasteiger partial charge in [-0.2, -0.15) is 0 Å². The smallest absolute Gasteiger partial charge is 0.109 e. The summed E-state index contributed by atoms with van der Waals surface area (Å²) in [4.78, 5) is 8.63. The van der Waals surface area contributed by atoms with Crippen molar-refractivity contribution in [3.8, 4) is 0 Å². The number of hydrogen-bond donors (Lipinski definition) is 0. The lowest BCUT2D eigenvalue weighted by atomic mass is 10.8. The summed E-state index contributed by atoms with van der Waals surface area (Å²) in [6.07, 6.45) is 0. The van der Waals surface area contributed by atoms with Crippen LogP contribution in [0.1, 0.15) is 0 Å². The second-order valence-corrected chi connectivity index (χ2v) is 2.24. The summed E-state index contributed by atoms with van der Waals surface area (Å²) in [5.41, 5.74) is 0. The molecule has 0 aromatic carbocycles. The topological polar surface area (TPSA) is 120 Å². The van der Waals surface area contributed by atoms with Crippen LogP contribution in [0.25, 0.3) is 0 Å². The van der Waals surface area contributed by atoms with Gasteiger partial charge in [-0.1, -0.05) is 0 Å². The van der Waals surface area contributed by atoms with E-state index >= 15 is 0 Å². The molecule has 0 aliphatic heterocycles. The van der Waals surface area contributed by atoms with Crippen molar-refractivity contribution in [1.82, 2.24) is 0 Å². The fraction of sp³-hybridized carbons (Fsp3) is 1.00. The van der Waals surface area contributed by atoms with Crippen LogP contribution in [0, 0.1) is 0 Å². The molecule has 0 N–H and O–H groups in total. The van der Waals surface area contributed by atoms with Crippen molar-refractivity contribution in [2.75, 3.05) is 40.6 Å². The average Bonchev–Trinajstić information content (AvgIpc) is 2.43. The fourth-order valence-corrected chi connectivity index (χ4v) is 0.421. The number of methoxy groups -OCH3 is 2. The summed E-state index contributed by atoms with van der Waals surface area (Å²) < 4.78 is 9.24. The van der Waals surface area contributed by atoms with E-state index in [2.05, 4.69) is 64.6 Å². The van der Waals surface area contributed by atoms with Gasteiger partial charge in [0.25, 0.3) is 0 Å². The van der Waals surface area contributed by atoms with Gasteiger partial charge in [0.2, 0.25) is 0 Å². The molecule has 0 saturated heterocycles. The Morgan fingerprint density at radius 3 is 1.05 bits per heavy atom. The SMILES string of the molecule is COCCOOOOOOOOOOOCCOC. The quantitative estimate of drug-likeness (QED) is 0.209. The molecular weight excluding hydrogens is 280 g/mol. The Morgan fingerprint density at radius 2 is 0.737 bits per heavy atom. The molecule has 0 rings (SSSR count). The fourth-order valence-electron chi connectivity index (χ4n) is 0.421. The molecule has 0 aromatic rings. The van der Waals surface area contributed by atoms with Crippen molar-refractivity contribution >= 4 is 0 Å². The first-order valence-electron chi connectivity index (χ1n) is 4.64. The standard InChI is InChI=1S/C6H14O13/c1-7-3-5-9-11-13-15-17-19-18-16-14-12-10-6-4-8-2/h3-6H2,1-2H3. The van der Waals surface area contributed by atoms with E-state index < -0.39 is 0 Å². The molecule has 0 spiro atoms. The lowest BCUT2D eigenvalue weighted by Gasteiger charge is -2.00. The molecule has 0 aliphatic carbocycles. The second-order valence-electron chi connectivity index (χ2n) is 2.24. The lowest BCUT2D eigenvalue weighted by Crippen LogP contribution is -2.07. The number of ether oxygens (including phenoxy) is 2. The lowest BCUT2D eigenvalue weighted by molar-refractivity contribution is -0.855. The van der Waals surface area contributed by atoms with Gasteiger partial charge in [0.05, 0.1) is 13.2 Å². The first-order chi connectivity index (χ1) is 9.41. The summed E-state index contributed by atoms with van der Waals surface area (Å²) in [5, 5.41) is 33.9. The van der Waals surface area contributed by atoms with Gasteiger partial charge in [-0.05, 0) is 45.3 Å². The molecular formula is C6H14O13. The summed E-state index contributed by atoms with van der Waals surface area (Å²) >= 11 is 0. The van der Waals surface area contributed by atoms with Crippen LogP contribution >= 0.6 is 0 Å². The van der Waals surface area contributed by atoms with Crippen LogP contribution in [0.2, 0.25) is 0 Å². The van der Waals surface area contributed by atoms with Gasteiger partial charge in [0.15, 0.2) is 0 Å². The molecule has 13 nitrogen and oxygen atoms in total. The predicted octanol–water partition coefficient (Wildman–Crippen LogP) is -0.388. The molecule has 0 unspecified atom stereocenters. The van der Waals surface area contributed by atoms with Crippen molar-refractivity contribution in [3.05, 3.63) is 0 Å². The molecule has 0 fully saturated rings. The maximum absolute atomic E-state index is 4.62. The largest absolute Gasteiger partial charge is 0.382 e. The normalized spacial score (nSPS) is 11.1. The zero-order valence-corrected chi connectivity index (χ0v) is 10.1. The Kier molecular flexibility index (Phi) is 17.0. The van der Waals surface area contributed by atoms with E-state index in [-0.39, 0.29) is 13.2 Å². The van der Waals surface area contributed by atoms with E-state index in [9.17, 15) is 0 Å². The maximum atomic E-state index is 4.62. The summed E-state index contributed by atoms with van der Waals surface area (Å²) in [6, 6.07) is 0. The molecule has 13 heteroatoms. The third-order valence-corrected chi connectivity index (χ3v) is 1.06. The molecule has 0 heterocycles. The van der Waals surface area contributed by atoms with Gasteiger partial charge in [0.1, 0.15) is 13.2 Å². The molecule has 0 aliphatic rings. The van der Waals surface area contributed by atoms with E-state index in [1.54, 1.807) is 0 Å². The second kappa shape index (κ2) is 17.5. The maximum Gasteiger partial charge on any atom is 0.109 e. The minimum atomic E-state index is 0.106. The third kappa shape index (κ3) is 17.5. The zero-order chi connectivity index (χ0) is 14.0. The molecule has 0 aromatic heterocycles. The van der Waals surface area contributed by atoms with E-state index in [0.717, 1.165) is 0 Å². The van der Waals surface area contributed by atoms with Crippen molar-refractivity contribution in [1.29, 1.82) is 0 Å². The van der Waals surface area contributed by atoms with Crippen LogP contribution in [0.5, 0.6) is 0 Å². The van der Waals surface area contributed by atoms with Crippen LogP contribution in [0.3, 0.4) is 0 Å². The van der Waals surface area contributed by atoms with E-state index in [1.165, 1.54) is 14.2 Å². The highest BCUT2D eigenvalue weighted by atomic mass is 17.9. The summed E-state index contributed by atoms with van der Waals surface area (Å²) in [7, 11) is 2.95. The van der Waals surface area contributed by atoms with Gasteiger partial charge < -0.3 is 9.47 Å². The molecule has 0 radical (unpaired) electrons. The molecule has 0 saturated carbocycles. The first-order valence-corrected chi connectivity index (χ1v) is 4.64. The minimum Gasteiger partial charge on any atom is -0.382 e. The Hall–Kier alpha value is -0.520. The highest BCUT2D eigenvalue weighted by Gasteiger charge is 1.97. The van der Waals surface area contributed by atoms with Crippen LogP contribution in [-0.4, -0.2) is 40.6 Å². The van der Waals surface area contributed by atoms with E-state index in [1.807, 2.05) is 0 Å². The molecule has 19 heavy (non-hydrogen) atoms. The Bertz CT molecular complexity index is 140. The minimum absolute atomic E-state index is 0.106. The molecule has 0 bridgehead atoms. The summed E-state index contributed by atoms with van der Waals surface area (Å²) in [5.74, 6) is 0. The van der Waals surface area contributed by atoms with Crippen molar-refractivity contribution in [2.24, 2.45) is 0 Å². The highest BCUT2D eigenvalue weighted by molar-refractivity contribution is 4.16. The van der Waals surface area contributed by atoms with Crippen molar-refractivity contribution in [2.45, 2.75) is 0 Å². The Morgan fingerprint density at radius 1 is 0.421 bits per heavy atom. The zero-order valence-electron chi connectivity index (χ0n) is 10.1. The third-order valence-electron chi connectivity index (χ3n) is 1.06. The van der Waals surface area contributed by atoms with Gasteiger partial charge in [0, 0.05) is 14.2 Å². The van der Waals surface area contributed by atoms with Gasteiger partial charge >= 0.3 is 0 Å². The Balaban J connectivity index is 2.88. The van der Waals surface area contributed by atoms with E-state index in [0.29, 0.717) is 13.2 Å². The molecule has 116 valence electrons. The highest BCUT2D eigenvalue weighted by Crippen LogP contribution is 1.91. The van der Waals surface area contributed by atoms with Crippen LogP contribution in [0.4, 0.5) is 0 Å². The van der Waals surface area contributed by atoms with Crippen LogP contribution in [-0.2, 0) is 64.6 Å². The molecule has 0 atom stereocenters. The monoisotopic (exact) mass is 294 g/mol. The predicted molar refractivity (Wildman–Crippen MR) is 45.4 cm³/mol.